The molecule has 0 aliphatic rings. The maximum Gasteiger partial charge on any atom is 0.221 e. The summed E-state index contributed by atoms with van der Waals surface area (Å²) in [5, 5.41) is 3.96. The highest BCUT2D eigenvalue weighted by Gasteiger charge is 2.15. The second-order valence-corrected chi connectivity index (χ2v) is 4.99. The molecule has 0 fully saturated rings. The third-order valence-electron chi connectivity index (χ3n) is 2.42. The molecule has 1 N–H and O–H groups in total. The molecule has 20 heavy (non-hydrogen) atoms. The highest BCUT2D eigenvalue weighted by molar-refractivity contribution is 9.19. The van der Waals surface area contributed by atoms with E-state index in [2.05, 4.69) is 26.5 Å². The maximum atomic E-state index is 12.9. The topological polar surface area (TPSA) is 41.5 Å². The van der Waals surface area contributed by atoms with Gasteiger partial charge in [0.15, 0.2) is 4.62 Å². The van der Waals surface area contributed by atoms with Crippen molar-refractivity contribution in [1.82, 2.24) is 0 Å². The van der Waals surface area contributed by atoms with Gasteiger partial charge in [-0.05, 0) is 46.3 Å². The molecule has 2 aromatic rings. The van der Waals surface area contributed by atoms with E-state index < -0.39 is 11.6 Å². The molecule has 0 aromatic heterocycles. The summed E-state index contributed by atoms with van der Waals surface area (Å²) in [6, 6.07) is 12.7. The molecular weight excluding hydrogens is 347 g/mol. The van der Waals surface area contributed by atoms with Gasteiger partial charge in [0.25, 0.3) is 0 Å². The average molecular weight is 356 g/mol. The predicted octanol–water partition coefficient (Wildman–Crippen LogP) is 4.48. The van der Waals surface area contributed by atoms with Gasteiger partial charge in [-0.15, -0.1) is 0 Å². The molecule has 0 saturated heterocycles. The van der Waals surface area contributed by atoms with Crippen LogP contribution in [0.4, 0.5) is 10.1 Å². The molecule has 2 rings (SSSR count). The van der Waals surface area contributed by atoms with E-state index in [9.17, 15) is 9.18 Å². The van der Waals surface area contributed by atoms with Crippen molar-refractivity contribution in [3.63, 3.8) is 0 Å². The first-order chi connectivity index (χ1) is 9.58. The van der Waals surface area contributed by atoms with Crippen LogP contribution in [-0.2, 0) is 0 Å². The predicted molar refractivity (Wildman–Crippen MR) is 82.2 cm³/mol. The Labute approximate surface area is 128 Å². The Morgan fingerprint density at radius 3 is 2.55 bits per heavy atom. The molecule has 0 amide bonds. The largest absolute Gasteiger partial charge is 0.286 e. The molecule has 0 aliphatic carbocycles. The Balaban J connectivity index is 2.16. The lowest BCUT2D eigenvalue weighted by molar-refractivity contribution is 0.106. The molecule has 0 spiro atoms. The van der Waals surface area contributed by atoms with Crippen LogP contribution in [0.3, 0.4) is 0 Å². The molecular formula is C14H9BrClFN2O. The van der Waals surface area contributed by atoms with Gasteiger partial charge < -0.3 is 0 Å². The van der Waals surface area contributed by atoms with Crippen molar-refractivity contribution in [1.29, 1.82) is 0 Å². The van der Waals surface area contributed by atoms with Gasteiger partial charge in [-0.25, -0.2) is 4.39 Å². The van der Waals surface area contributed by atoms with Crippen LogP contribution in [0.2, 0.25) is 5.02 Å². The number of para-hydroxylation sites is 1. The highest BCUT2D eigenvalue weighted by atomic mass is 79.9. The van der Waals surface area contributed by atoms with E-state index in [0.29, 0.717) is 0 Å². The van der Waals surface area contributed by atoms with E-state index in [-0.39, 0.29) is 15.2 Å². The number of hydrogen-bond acceptors (Lipinski definition) is 3. The molecule has 0 bridgehead atoms. The van der Waals surface area contributed by atoms with Gasteiger partial charge in [0.05, 0.1) is 10.7 Å². The smallest absolute Gasteiger partial charge is 0.221 e. The summed E-state index contributed by atoms with van der Waals surface area (Å²) in [7, 11) is 0. The van der Waals surface area contributed by atoms with Crippen LogP contribution >= 0.6 is 27.5 Å². The lowest BCUT2D eigenvalue weighted by atomic mass is 10.1. The number of hydrazone groups is 1. The Morgan fingerprint density at radius 1 is 1.20 bits per heavy atom. The standard InChI is InChI=1S/C14H9BrClFN2O/c15-14(19-18-10-4-2-1-3-5-10)13(20)11-7-6-9(17)8-12(11)16/h1-8,18H/b19-14+. The maximum absolute atomic E-state index is 12.9. The number of anilines is 1. The minimum absolute atomic E-state index is 0.0434. The van der Waals surface area contributed by atoms with Crippen molar-refractivity contribution >= 4 is 43.6 Å². The fourth-order valence-corrected chi connectivity index (χ4v) is 2.02. The lowest BCUT2D eigenvalue weighted by Gasteiger charge is -2.03. The van der Waals surface area contributed by atoms with Crippen molar-refractivity contribution in [2.75, 3.05) is 5.43 Å². The molecule has 0 saturated carbocycles. The highest BCUT2D eigenvalue weighted by Crippen LogP contribution is 2.19. The quantitative estimate of drug-likeness (QED) is 0.499. The average Bonchev–Trinajstić information content (AvgIpc) is 2.45. The summed E-state index contributed by atoms with van der Waals surface area (Å²) in [5.41, 5.74) is 3.65. The molecule has 2 aromatic carbocycles. The van der Waals surface area contributed by atoms with E-state index in [1.54, 1.807) is 12.1 Å². The Bertz CT molecular complexity index is 661. The molecule has 0 atom stereocenters. The molecule has 6 heteroatoms. The minimum atomic E-state index is -0.498. The van der Waals surface area contributed by atoms with Gasteiger partial charge in [-0.3, -0.25) is 10.2 Å². The van der Waals surface area contributed by atoms with Crippen molar-refractivity contribution in [2.24, 2.45) is 5.10 Å². The van der Waals surface area contributed by atoms with Gasteiger partial charge in [-0.2, -0.15) is 5.10 Å². The number of carbonyl (C=O) groups is 1. The summed E-state index contributed by atoms with van der Waals surface area (Å²) in [6.07, 6.45) is 0. The van der Waals surface area contributed by atoms with Gasteiger partial charge in [0, 0.05) is 5.56 Å². The summed E-state index contributed by atoms with van der Waals surface area (Å²) >= 11 is 8.90. The van der Waals surface area contributed by atoms with Crippen LogP contribution in [-0.4, -0.2) is 10.4 Å². The monoisotopic (exact) mass is 354 g/mol. The molecule has 102 valence electrons. The molecule has 3 nitrogen and oxygen atoms in total. The summed E-state index contributed by atoms with van der Waals surface area (Å²) < 4.78 is 13.0. The first-order valence-corrected chi connectivity index (χ1v) is 6.79. The van der Waals surface area contributed by atoms with E-state index in [1.165, 1.54) is 12.1 Å². The van der Waals surface area contributed by atoms with Crippen molar-refractivity contribution < 1.29 is 9.18 Å². The number of hydrogen-bond donors (Lipinski definition) is 1. The van der Waals surface area contributed by atoms with Crippen molar-refractivity contribution in [2.45, 2.75) is 0 Å². The zero-order valence-electron chi connectivity index (χ0n) is 10.1. The molecule has 0 aliphatic heterocycles. The fourth-order valence-electron chi connectivity index (χ4n) is 1.46. The van der Waals surface area contributed by atoms with Crippen LogP contribution < -0.4 is 5.43 Å². The first kappa shape index (κ1) is 14.7. The number of ketones is 1. The van der Waals surface area contributed by atoms with E-state index in [1.807, 2.05) is 18.2 Å². The zero-order chi connectivity index (χ0) is 14.5. The van der Waals surface area contributed by atoms with Crippen LogP contribution in [0.15, 0.2) is 53.6 Å². The number of rotatable bonds is 4. The number of nitrogens with zero attached hydrogens (tertiary/aromatic N) is 1. The summed E-state index contributed by atoms with van der Waals surface area (Å²) in [6.45, 7) is 0. The number of carbonyl (C=O) groups excluding carboxylic acids is 1. The number of halogens is 3. The molecule has 0 unspecified atom stereocenters. The SMILES string of the molecule is O=C(/C(Br)=N\Nc1ccccc1)c1ccc(F)cc1Cl. The normalized spacial score (nSPS) is 11.2. The third-order valence-corrected chi connectivity index (χ3v) is 3.27. The number of nitrogens with one attached hydrogen (secondary N) is 1. The minimum Gasteiger partial charge on any atom is -0.286 e. The Hall–Kier alpha value is -1.72. The second kappa shape index (κ2) is 6.63. The van der Waals surface area contributed by atoms with Crippen LogP contribution in [0.5, 0.6) is 0 Å². The van der Waals surface area contributed by atoms with Gasteiger partial charge in [0.2, 0.25) is 5.78 Å². The van der Waals surface area contributed by atoms with E-state index in [4.69, 9.17) is 11.6 Å². The summed E-state index contributed by atoms with van der Waals surface area (Å²) in [4.78, 5) is 12.1. The Morgan fingerprint density at radius 2 is 1.90 bits per heavy atom. The van der Waals surface area contributed by atoms with Crippen LogP contribution in [0.25, 0.3) is 0 Å². The lowest BCUT2D eigenvalue weighted by Crippen LogP contribution is -2.10. The van der Waals surface area contributed by atoms with Crippen molar-refractivity contribution in [3.05, 3.63) is 64.9 Å². The van der Waals surface area contributed by atoms with E-state index in [0.717, 1.165) is 11.8 Å². The van der Waals surface area contributed by atoms with Gasteiger partial charge in [-0.1, -0.05) is 29.8 Å². The zero-order valence-corrected chi connectivity index (χ0v) is 12.5. The van der Waals surface area contributed by atoms with E-state index >= 15 is 0 Å². The van der Waals surface area contributed by atoms with Crippen LogP contribution in [0.1, 0.15) is 10.4 Å². The van der Waals surface area contributed by atoms with Gasteiger partial charge in [0.1, 0.15) is 5.82 Å². The first-order valence-electron chi connectivity index (χ1n) is 5.62. The fraction of sp³-hybridized carbons (Fsp3) is 0. The van der Waals surface area contributed by atoms with Gasteiger partial charge >= 0.3 is 0 Å². The van der Waals surface area contributed by atoms with Crippen molar-refractivity contribution in [3.8, 4) is 0 Å². The molecule has 0 radical (unpaired) electrons. The summed E-state index contributed by atoms with van der Waals surface area (Å²) in [5.74, 6) is -0.930. The number of Topliss-reactive ketones (excluding diaryl/α,β-unsaturated/α-hetero) is 1. The van der Waals surface area contributed by atoms with Crippen LogP contribution in [0, 0.1) is 5.82 Å². The Kier molecular flexibility index (Phi) is 4.87. The second-order valence-electron chi connectivity index (χ2n) is 3.83. The third kappa shape index (κ3) is 3.65. The molecule has 0 heterocycles. The number of benzene rings is 2.